The molecular weight excluding hydrogens is 265 g/mol. The zero-order valence-electron chi connectivity index (χ0n) is 11.8. The van der Waals surface area contributed by atoms with Gasteiger partial charge in [0.1, 0.15) is 0 Å². The third-order valence-electron chi connectivity index (χ3n) is 3.65. The number of hydrogen-bond acceptors (Lipinski definition) is 3. The molecule has 1 atom stereocenters. The fourth-order valence-electron chi connectivity index (χ4n) is 2.45. The Morgan fingerprint density at radius 2 is 2.15 bits per heavy atom. The van der Waals surface area contributed by atoms with Crippen molar-refractivity contribution in [3.63, 3.8) is 0 Å². The first-order valence-electron chi connectivity index (χ1n) is 6.52. The maximum absolute atomic E-state index is 14.0. The van der Waals surface area contributed by atoms with Gasteiger partial charge in [0.25, 0.3) is 5.91 Å². The molecule has 1 fully saturated rings. The number of alkyl halides is 1. The smallest absolute Gasteiger partial charge is 0.343 e. The molecule has 1 unspecified atom stereocenters. The first-order chi connectivity index (χ1) is 9.26. The highest BCUT2D eigenvalue weighted by Crippen LogP contribution is 2.27. The predicted molar refractivity (Wildman–Crippen MR) is 69.3 cm³/mol. The van der Waals surface area contributed by atoms with E-state index in [1.165, 1.54) is 11.1 Å². The molecule has 1 saturated heterocycles. The zero-order valence-corrected chi connectivity index (χ0v) is 11.8. The van der Waals surface area contributed by atoms with Gasteiger partial charge in [-0.2, -0.15) is 5.10 Å². The van der Waals surface area contributed by atoms with Gasteiger partial charge in [-0.05, 0) is 20.8 Å². The minimum Gasteiger partial charge on any atom is -0.479 e. The van der Waals surface area contributed by atoms with Gasteiger partial charge in [-0.15, -0.1) is 0 Å². The number of rotatable bonds is 3. The summed E-state index contributed by atoms with van der Waals surface area (Å²) >= 11 is 0. The highest BCUT2D eigenvalue weighted by molar-refractivity contribution is 5.96. The van der Waals surface area contributed by atoms with Crippen molar-refractivity contribution in [3.8, 4) is 0 Å². The molecule has 1 aliphatic heterocycles. The Morgan fingerprint density at radius 1 is 1.50 bits per heavy atom. The molecule has 7 heteroatoms. The second-order valence-electron chi connectivity index (χ2n) is 5.43. The van der Waals surface area contributed by atoms with Crippen LogP contribution in [-0.4, -0.2) is 50.4 Å². The molecule has 0 aliphatic carbocycles. The summed E-state index contributed by atoms with van der Waals surface area (Å²) in [6, 6.07) is 0.120. The Kier molecular flexibility index (Phi) is 3.54. The van der Waals surface area contributed by atoms with E-state index in [9.17, 15) is 14.0 Å². The van der Waals surface area contributed by atoms with Gasteiger partial charge in [-0.25, -0.2) is 9.18 Å². The molecule has 2 rings (SSSR count). The molecule has 110 valence electrons. The van der Waals surface area contributed by atoms with Crippen molar-refractivity contribution >= 4 is 11.9 Å². The van der Waals surface area contributed by atoms with Crippen LogP contribution in [0.1, 0.15) is 42.4 Å². The van der Waals surface area contributed by atoms with Gasteiger partial charge in [0.2, 0.25) is 5.67 Å². The summed E-state index contributed by atoms with van der Waals surface area (Å²) in [6.07, 6.45) is 1.28. The molecule has 1 N–H and O–H groups in total. The average Bonchev–Trinajstić information content (AvgIpc) is 2.93. The van der Waals surface area contributed by atoms with Crippen LogP contribution in [0.5, 0.6) is 0 Å². The molecule has 0 radical (unpaired) electrons. The molecule has 1 aliphatic rings. The number of hydrogen-bond donors (Lipinski definition) is 1. The Labute approximate surface area is 116 Å². The van der Waals surface area contributed by atoms with Crippen molar-refractivity contribution in [1.82, 2.24) is 14.7 Å². The molecule has 20 heavy (non-hydrogen) atoms. The minimum absolute atomic E-state index is 0.105. The number of nitrogens with zero attached hydrogens (tertiary/aromatic N) is 3. The standard InChI is InChI=1S/C13H18FN3O3/c1-8(2)17-9(3)10(6-15-17)11(18)16-5-4-13(14,7-16)12(19)20/h6,8H,4-5,7H2,1-3H3,(H,19,20). The number of likely N-dealkylation sites (tertiary alicyclic amines) is 1. The number of amides is 1. The van der Waals surface area contributed by atoms with Crippen LogP contribution in [-0.2, 0) is 4.79 Å². The van der Waals surface area contributed by atoms with Crippen molar-refractivity contribution < 1.29 is 19.1 Å². The summed E-state index contributed by atoms with van der Waals surface area (Å²) in [6.45, 7) is 5.36. The van der Waals surface area contributed by atoms with E-state index in [1.54, 1.807) is 11.6 Å². The van der Waals surface area contributed by atoms with Crippen LogP contribution in [0.2, 0.25) is 0 Å². The van der Waals surface area contributed by atoms with Gasteiger partial charge in [-0.3, -0.25) is 9.48 Å². The molecule has 0 aromatic carbocycles. The number of carboxylic acid groups (broad SMARTS) is 1. The Morgan fingerprint density at radius 3 is 2.60 bits per heavy atom. The molecule has 0 saturated carbocycles. The molecule has 1 amide bonds. The highest BCUT2D eigenvalue weighted by atomic mass is 19.1. The molecule has 2 heterocycles. The lowest BCUT2D eigenvalue weighted by atomic mass is 10.1. The van der Waals surface area contributed by atoms with E-state index in [1.807, 2.05) is 13.8 Å². The monoisotopic (exact) mass is 283 g/mol. The Balaban J connectivity index is 2.20. The van der Waals surface area contributed by atoms with E-state index in [4.69, 9.17) is 5.11 Å². The van der Waals surface area contributed by atoms with Gasteiger partial charge in [-0.1, -0.05) is 0 Å². The van der Waals surface area contributed by atoms with Crippen molar-refractivity contribution in [1.29, 1.82) is 0 Å². The van der Waals surface area contributed by atoms with Crippen LogP contribution in [0.15, 0.2) is 6.20 Å². The van der Waals surface area contributed by atoms with Crippen molar-refractivity contribution in [2.75, 3.05) is 13.1 Å². The number of carbonyl (C=O) groups is 2. The van der Waals surface area contributed by atoms with Crippen LogP contribution in [0.3, 0.4) is 0 Å². The molecular formula is C13H18FN3O3. The minimum atomic E-state index is -2.34. The molecule has 0 spiro atoms. The van der Waals surface area contributed by atoms with E-state index in [0.717, 1.165) is 0 Å². The number of aromatic nitrogens is 2. The van der Waals surface area contributed by atoms with Crippen LogP contribution < -0.4 is 0 Å². The van der Waals surface area contributed by atoms with Crippen LogP contribution in [0, 0.1) is 6.92 Å². The first kappa shape index (κ1) is 14.5. The summed E-state index contributed by atoms with van der Waals surface area (Å²) in [5.74, 6) is -1.88. The summed E-state index contributed by atoms with van der Waals surface area (Å²) in [5, 5.41) is 13.0. The Bertz CT molecular complexity index is 555. The van der Waals surface area contributed by atoms with Gasteiger partial charge in [0, 0.05) is 24.7 Å². The normalized spacial score (nSPS) is 22.6. The fraction of sp³-hybridized carbons (Fsp3) is 0.615. The summed E-state index contributed by atoms with van der Waals surface area (Å²) in [5.41, 5.74) is -1.23. The van der Waals surface area contributed by atoms with E-state index in [-0.39, 0.29) is 24.9 Å². The average molecular weight is 283 g/mol. The maximum atomic E-state index is 14.0. The van der Waals surface area contributed by atoms with Gasteiger partial charge in [0.15, 0.2) is 0 Å². The number of carboxylic acids is 1. The van der Waals surface area contributed by atoms with E-state index in [0.29, 0.717) is 11.3 Å². The summed E-state index contributed by atoms with van der Waals surface area (Å²) < 4.78 is 15.7. The predicted octanol–water partition coefficient (Wildman–Crippen LogP) is 1.41. The number of aliphatic carboxylic acids is 1. The molecule has 1 aromatic heterocycles. The van der Waals surface area contributed by atoms with Crippen LogP contribution >= 0.6 is 0 Å². The van der Waals surface area contributed by atoms with E-state index >= 15 is 0 Å². The third-order valence-corrected chi connectivity index (χ3v) is 3.65. The van der Waals surface area contributed by atoms with Crippen molar-refractivity contribution in [3.05, 3.63) is 17.5 Å². The van der Waals surface area contributed by atoms with Crippen molar-refractivity contribution in [2.24, 2.45) is 0 Å². The lowest BCUT2D eigenvalue weighted by molar-refractivity contribution is -0.149. The topological polar surface area (TPSA) is 75.4 Å². The molecule has 0 bridgehead atoms. The highest BCUT2D eigenvalue weighted by Gasteiger charge is 2.47. The lowest BCUT2D eigenvalue weighted by Crippen LogP contribution is -2.39. The van der Waals surface area contributed by atoms with Gasteiger partial charge < -0.3 is 10.0 Å². The van der Waals surface area contributed by atoms with Gasteiger partial charge >= 0.3 is 5.97 Å². The zero-order chi connectivity index (χ0) is 15.1. The van der Waals surface area contributed by atoms with E-state index < -0.39 is 18.2 Å². The number of carbonyl (C=O) groups excluding carboxylic acids is 1. The largest absolute Gasteiger partial charge is 0.479 e. The second kappa shape index (κ2) is 4.88. The quantitative estimate of drug-likeness (QED) is 0.910. The molecule has 6 nitrogen and oxygen atoms in total. The SMILES string of the molecule is Cc1c(C(=O)N2CCC(F)(C(=O)O)C2)cnn1C(C)C. The Hall–Kier alpha value is -1.92. The van der Waals surface area contributed by atoms with E-state index in [2.05, 4.69) is 5.10 Å². The molecule has 1 aromatic rings. The second-order valence-corrected chi connectivity index (χ2v) is 5.43. The van der Waals surface area contributed by atoms with Crippen LogP contribution in [0.25, 0.3) is 0 Å². The van der Waals surface area contributed by atoms with Crippen LogP contribution in [0.4, 0.5) is 4.39 Å². The maximum Gasteiger partial charge on any atom is 0.343 e. The van der Waals surface area contributed by atoms with Crippen molar-refractivity contribution in [2.45, 2.75) is 38.9 Å². The lowest BCUT2D eigenvalue weighted by Gasteiger charge is -2.17. The third kappa shape index (κ3) is 2.28. The fourth-order valence-corrected chi connectivity index (χ4v) is 2.45. The van der Waals surface area contributed by atoms with Gasteiger partial charge in [0.05, 0.1) is 18.3 Å². The summed E-state index contributed by atoms with van der Waals surface area (Å²) in [4.78, 5) is 24.4. The number of halogens is 1. The first-order valence-corrected chi connectivity index (χ1v) is 6.52. The summed E-state index contributed by atoms with van der Waals surface area (Å²) in [7, 11) is 0.